The number of thioether (sulfide) groups is 1. The third kappa shape index (κ3) is 3.05. The van der Waals surface area contributed by atoms with Gasteiger partial charge in [0.05, 0.1) is 5.75 Å². The molecule has 3 N–H and O–H groups in total. The highest BCUT2D eigenvalue weighted by Gasteiger charge is 2.03. The lowest BCUT2D eigenvalue weighted by atomic mass is 10.2. The molecule has 1 amide bonds. The van der Waals surface area contributed by atoms with Crippen LogP contribution in [0.4, 0.5) is 0 Å². The molecule has 0 bridgehead atoms. The van der Waals surface area contributed by atoms with Gasteiger partial charge in [-0.05, 0) is 18.1 Å². The zero-order valence-electron chi connectivity index (χ0n) is 8.12. The maximum Gasteiger partial charge on any atom is 0.244 e. The number of carbonyl (C=O) groups is 1. The molecule has 0 heterocycles. The van der Waals surface area contributed by atoms with E-state index in [4.69, 9.17) is 5.84 Å². The Labute approximate surface area is 88.0 Å². The van der Waals surface area contributed by atoms with E-state index < -0.39 is 0 Å². The second-order valence-electron chi connectivity index (χ2n) is 2.82. The van der Waals surface area contributed by atoms with Crippen LogP contribution in [-0.2, 0) is 11.2 Å². The number of carbonyl (C=O) groups excluding carboxylic acids is 1. The summed E-state index contributed by atoms with van der Waals surface area (Å²) in [6.45, 7) is 2.10. The fourth-order valence-electron chi connectivity index (χ4n) is 1.12. The van der Waals surface area contributed by atoms with Gasteiger partial charge in [-0.1, -0.05) is 25.1 Å². The molecule has 1 aromatic rings. The van der Waals surface area contributed by atoms with Gasteiger partial charge in [0.25, 0.3) is 0 Å². The van der Waals surface area contributed by atoms with Gasteiger partial charge >= 0.3 is 0 Å². The van der Waals surface area contributed by atoms with Gasteiger partial charge in [0.2, 0.25) is 5.91 Å². The molecule has 0 radical (unpaired) electrons. The summed E-state index contributed by atoms with van der Waals surface area (Å²) < 4.78 is 0. The lowest BCUT2D eigenvalue weighted by Crippen LogP contribution is -2.31. The van der Waals surface area contributed by atoms with Gasteiger partial charge in [-0.2, -0.15) is 0 Å². The van der Waals surface area contributed by atoms with Crippen molar-refractivity contribution in [3.8, 4) is 0 Å². The van der Waals surface area contributed by atoms with Crippen LogP contribution in [0.25, 0.3) is 0 Å². The smallest absolute Gasteiger partial charge is 0.244 e. The molecular formula is C10H14N2OS. The highest BCUT2D eigenvalue weighted by Crippen LogP contribution is 2.22. The highest BCUT2D eigenvalue weighted by atomic mass is 32.2. The van der Waals surface area contributed by atoms with Crippen molar-refractivity contribution in [1.29, 1.82) is 0 Å². The van der Waals surface area contributed by atoms with Crippen LogP contribution in [0.5, 0.6) is 0 Å². The topological polar surface area (TPSA) is 55.1 Å². The van der Waals surface area contributed by atoms with E-state index in [0.29, 0.717) is 5.75 Å². The molecular weight excluding hydrogens is 196 g/mol. The summed E-state index contributed by atoms with van der Waals surface area (Å²) >= 11 is 1.51. The summed E-state index contributed by atoms with van der Waals surface area (Å²) in [6.07, 6.45) is 0.980. The number of aryl methyl sites for hydroxylation is 1. The highest BCUT2D eigenvalue weighted by molar-refractivity contribution is 8.00. The summed E-state index contributed by atoms with van der Waals surface area (Å²) in [5.41, 5.74) is 3.38. The Bertz CT molecular complexity index is 315. The molecule has 0 aliphatic rings. The SMILES string of the molecule is CCc1ccccc1SCC(=O)NN. The van der Waals surface area contributed by atoms with E-state index in [2.05, 4.69) is 18.4 Å². The lowest BCUT2D eigenvalue weighted by Gasteiger charge is -2.05. The summed E-state index contributed by atoms with van der Waals surface area (Å²) in [7, 11) is 0. The quantitative estimate of drug-likeness (QED) is 0.341. The minimum absolute atomic E-state index is 0.152. The summed E-state index contributed by atoms with van der Waals surface area (Å²) in [5, 5.41) is 0. The lowest BCUT2D eigenvalue weighted by molar-refractivity contribution is -0.118. The second-order valence-corrected chi connectivity index (χ2v) is 3.83. The third-order valence-corrected chi connectivity index (χ3v) is 2.99. The Kier molecular flexibility index (Phi) is 4.49. The van der Waals surface area contributed by atoms with Gasteiger partial charge < -0.3 is 0 Å². The first-order valence-corrected chi connectivity index (χ1v) is 5.46. The zero-order chi connectivity index (χ0) is 10.4. The molecule has 1 rings (SSSR count). The van der Waals surface area contributed by atoms with Crippen LogP contribution in [0.1, 0.15) is 12.5 Å². The molecule has 0 saturated carbocycles. The van der Waals surface area contributed by atoms with Gasteiger partial charge in [0, 0.05) is 4.90 Å². The van der Waals surface area contributed by atoms with E-state index in [0.717, 1.165) is 11.3 Å². The summed E-state index contributed by atoms with van der Waals surface area (Å²) in [6, 6.07) is 8.07. The maximum atomic E-state index is 10.9. The van der Waals surface area contributed by atoms with Gasteiger partial charge in [-0.25, -0.2) is 5.84 Å². The number of hydrazine groups is 1. The predicted octanol–water partition coefficient (Wildman–Crippen LogP) is 1.33. The Morgan fingerprint density at radius 1 is 1.50 bits per heavy atom. The minimum Gasteiger partial charge on any atom is -0.294 e. The fourth-order valence-corrected chi connectivity index (χ4v) is 2.06. The van der Waals surface area contributed by atoms with E-state index in [1.165, 1.54) is 17.3 Å². The molecule has 0 saturated heterocycles. The first kappa shape index (κ1) is 11.1. The molecule has 0 aliphatic carbocycles. The standard InChI is InChI=1S/C10H14N2OS/c1-2-8-5-3-4-6-9(8)14-7-10(13)12-11/h3-6H,2,7,11H2,1H3,(H,12,13). The van der Waals surface area contributed by atoms with Crippen molar-refractivity contribution in [3.63, 3.8) is 0 Å². The monoisotopic (exact) mass is 210 g/mol. The minimum atomic E-state index is -0.152. The van der Waals surface area contributed by atoms with E-state index in [1.54, 1.807) is 0 Å². The maximum absolute atomic E-state index is 10.9. The van der Waals surface area contributed by atoms with Crippen LogP contribution in [0, 0.1) is 0 Å². The van der Waals surface area contributed by atoms with Crippen LogP contribution in [0.15, 0.2) is 29.2 Å². The van der Waals surface area contributed by atoms with E-state index >= 15 is 0 Å². The molecule has 76 valence electrons. The molecule has 4 heteroatoms. The van der Waals surface area contributed by atoms with Crippen LogP contribution < -0.4 is 11.3 Å². The fraction of sp³-hybridized carbons (Fsp3) is 0.300. The number of rotatable bonds is 4. The average molecular weight is 210 g/mol. The van der Waals surface area contributed by atoms with E-state index in [-0.39, 0.29) is 5.91 Å². The first-order valence-electron chi connectivity index (χ1n) is 4.48. The van der Waals surface area contributed by atoms with E-state index in [9.17, 15) is 4.79 Å². The largest absolute Gasteiger partial charge is 0.294 e. The molecule has 3 nitrogen and oxygen atoms in total. The molecule has 0 unspecified atom stereocenters. The Morgan fingerprint density at radius 2 is 2.21 bits per heavy atom. The van der Waals surface area contributed by atoms with Gasteiger partial charge in [-0.3, -0.25) is 10.2 Å². The van der Waals surface area contributed by atoms with Crippen molar-refractivity contribution < 1.29 is 4.79 Å². The second kappa shape index (κ2) is 5.67. The van der Waals surface area contributed by atoms with Crippen LogP contribution in [0.3, 0.4) is 0 Å². The molecule has 14 heavy (non-hydrogen) atoms. The van der Waals surface area contributed by atoms with Gasteiger partial charge in [-0.15, -0.1) is 11.8 Å². The van der Waals surface area contributed by atoms with Crippen LogP contribution in [0.2, 0.25) is 0 Å². The number of nitrogens with one attached hydrogen (secondary N) is 1. The predicted molar refractivity (Wildman–Crippen MR) is 58.9 cm³/mol. The normalized spacial score (nSPS) is 9.86. The summed E-state index contributed by atoms with van der Waals surface area (Å²) in [5.74, 6) is 5.21. The number of amides is 1. The Balaban J connectivity index is 2.61. The van der Waals surface area contributed by atoms with Crippen molar-refractivity contribution in [2.75, 3.05) is 5.75 Å². The molecule has 0 aromatic heterocycles. The van der Waals surface area contributed by atoms with Gasteiger partial charge in [0.15, 0.2) is 0 Å². The van der Waals surface area contributed by atoms with Crippen molar-refractivity contribution >= 4 is 17.7 Å². The summed E-state index contributed by atoms with van der Waals surface area (Å²) in [4.78, 5) is 12.1. The van der Waals surface area contributed by atoms with Crippen molar-refractivity contribution in [1.82, 2.24) is 5.43 Å². The molecule has 0 spiro atoms. The average Bonchev–Trinajstić information content (AvgIpc) is 2.26. The van der Waals surface area contributed by atoms with Crippen molar-refractivity contribution in [3.05, 3.63) is 29.8 Å². The Morgan fingerprint density at radius 3 is 2.86 bits per heavy atom. The van der Waals surface area contributed by atoms with E-state index in [1.807, 2.05) is 18.2 Å². The molecule has 1 aromatic carbocycles. The van der Waals surface area contributed by atoms with Crippen molar-refractivity contribution in [2.24, 2.45) is 5.84 Å². The number of benzene rings is 1. The zero-order valence-corrected chi connectivity index (χ0v) is 8.93. The van der Waals surface area contributed by atoms with Crippen molar-refractivity contribution in [2.45, 2.75) is 18.2 Å². The molecule has 0 fully saturated rings. The van der Waals surface area contributed by atoms with Crippen LogP contribution in [-0.4, -0.2) is 11.7 Å². The number of hydrogen-bond acceptors (Lipinski definition) is 3. The Hall–Kier alpha value is -1.00. The number of hydrogen-bond donors (Lipinski definition) is 2. The first-order chi connectivity index (χ1) is 6.77. The molecule has 0 aliphatic heterocycles. The number of nitrogens with two attached hydrogens (primary N) is 1. The van der Waals surface area contributed by atoms with Crippen LogP contribution >= 0.6 is 11.8 Å². The third-order valence-electron chi connectivity index (χ3n) is 1.87. The molecule has 0 atom stereocenters. The van der Waals surface area contributed by atoms with Gasteiger partial charge in [0.1, 0.15) is 0 Å².